The summed E-state index contributed by atoms with van der Waals surface area (Å²) in [7, 11) is 0. The molecule has 2 rings (SSSR count). The molecule has 0 heterocycles. The molecule has 100 valence electrons. The fourth-order valence-corrected chi connectivity index (χ4v) is 2.96. The smallest absolute Gasteiger partial charge is 0.0239 e. The van der Waals surface area contributed by atoms with Crippen LogP contribution in [-0.4, -0.2) is 24.0 Å². The highest BCUT2D eigenvalue weighted by atomic mass is 15.2. The quantitative estimate of drug-likeness (QED) is 0.836. The summed E-state index contributed by atoms with van der Waals surface area (Å²) in [5, 5.41) is 0. The van der Waals surface area contributed by atoms with Gasteiger partial charge in [-0.2, -0.15) is 0 Å². The van der Waals surface area contributed by atoms with Gasteiger partial charge in [0.05, 0.1) is 0 Å². The van der Waals surface area contributed by atoms with E-state index in [9.17, 15) is 0 Å². The Kier molecular flexibility index (Phi) is 5.21. The molecule has 0 radical (unpaired) electrons. The zero-order chi connectivity index (χ0) is 12.8. The second-order valence-corrected chi connectivity index (χ2v) is 5.48. The Balaban J connectivity index is 2.02. The molecule has 1 aromatic rings. The average Bonchev–Trinajstić information content (AvgIpc) is 2.90. The standard InChI is InChI=1S/C16H26N2/c1-14-7-2-3-8-15(14)13-18(12-6-11-17)16-9-4-5-10-16/h2-3,7-8,16H,4-6,9-13,17H2,1H3. The van der Waals surface area contributed by atoms with Gasteiger partial charge in [-0.15, -0.1) is 0 Å². The number of hydrogen-bond donors (Lipinski definition) is 1. The molecule has 2 nitrogen and oxygen atoms in total. The predicted octanol–water partition coefficient (Wildman–Crippen LogP) is 3.09. The lowest BCUT2D eigenvalue weighted by atomic mass is 10.1. The normalized spacial score (nSPS) is 16.6. The van der Waals surface area contributed by atoms with Crippen molar-refractivity contribution in [3.63, 3.8) is 0 Å². The van der Waals surface area contributed by atoms with Crippen LogP contribution in [0.3, 0.4) is 0 Å². The summed E-state index contributed by atoms with van der Waals surface area (Å²) in [5.74, 6) is 0. The van der Waals surface area contributed by atoms with Crippen LogP contribution in [0.4, 0.5) is 0 Å². The third-order valence-corrected chi connectivity index (χ3v) is 4.13. The maximum atomic E-state index is 5.67. The molecule has 0 unspecified atom stereocenters. The summed E-state index contributed by atoms with van der Waals surface area (Å²) in [5.41, 5.74) is 8.56. The molecule has 0 spiro atoms. The van der Waals surface area contributed by atoms with E-state index in [1.807, 2.05) is 0 Å². The van der Waals surface area contributed by atoms with E-state index in [0.717, 1.165) is 32.1 Å². The first-order chi connectivity index (χ1) is 8.81. The van der Waals surface area contributed by atoms with Crippen molar-refractivity contribution in [2.75, 3.05) is 13.1 Å². The molecule has 18 heavy (non-hydrogen) atoms. The van der Waals surface area contributed by atoms with Gasteiger partial charge in [-0.25, -0.2) is 0 Å². The van der Waals surface area contributed by atoms with Crippen LogP contribution in [0, 0.1) is 6.92 Å². The van der Waals surface area contributed by atoms with Crippen molar-refractivity contribution in [2.24, 2.45) is 5.73 Å². The van der Waals surface area contributed by atoms with Crippen molar-refractivity contribution in [1.29, 1.82) is 0 Å². The molecule has 1 aromatic carbocycles. The van der Waals surface area contributed by atoms with E-state index in [-0.39, 0.29) is 0 Å². The van der Waals surface area contributed by atoms with E-state index < -0.39 is 0 Å². The van der Waals surface area contributed by atoms with E-state index in [2.05, 4.69) is 36.1 Å². The third kappa shape index (κ3) is 3.56. The Morgan fingerprint density at radius 2 is 1.94 bits per heavy atom. The van der Waals surface area contributed by atoms with Gasteiger partial charge in [-0.05, 0) is 50.4 Å². The van der Waals surface area contributed by atoms with E-state index >= 15 is 0 Å². The van der Waals surface area contributed by atoms with Gasteiger partial charge in [0.15, 0.2) is 0 Å². The first kappa shape index (κ1) is 13.6. The topological polar surface area (TPSA) is 29.3 Å². The Bertz CT molecular complexity index is 356. The molecule has 0 atom stereocenters. The fraction of sp³-hybridized carbons (Fsp3) is 0.625. The maximum absolute atomic E-state index is 5.67. The molecule has 0 bridgehead atoms. The Morgan fingerprint density at radius 3 is 2.61 bits per heavy atom. The van der Waals surface area contributed by atoms with Crippen LogP contribution >= 0.6 is 0 Å². The highest BCUT2D eigenvalue weighted by Gasteiger charge is 2.22. The number of hydrogen-bond acceptors (Lipinski definition) is 2. The van der Waals surface area contributed by atoms with E-state index in [1.165, 1.54) is 36.8 Å². The van der Waals surface area contributed by atoms with E-state index in [1.54, 1.807) is 0 Å². The third-order valence-electron chi connectivity index (χ3n) is 4.13. The molecule has 2 N–H and O–H groups in total. The van der Waals surface area contributed by atoms with Crippen LogP contribution in [0.25, 0.3) is 0 Å². The molecule has 0 aromatic heterocycles. The number of rotatable bonds is 6. The number of benzene rings is 1. The second kappa shape index (κ2) is 6.91. The van der Waals surface area contributed by atoms with Crippen molar-refractivity contribution in [3.05, 3.63) is 35.4 Å². The minimum Gasteiger partial charge on any atom is -0.330 e. The summed E-state index contributed by atoms with van der Waals surface area (Å²) in [6.45, 7) is 5.26. The van der Waals surface area contributed by atoms with Crippen molar-refractivity contribution in [3.8, 4) is 0 Å². The summed E-state index contributed by atoms with van der Waals surface area (Å²) in [4.78, 5) is 2.65. The lowest BCUT2D eigenvalue weighted by Crippen LogP contribution is -2.34. The van der Waals surface area contributed by atoms with Crippen LogP contribution in [0.5, 0.6) is 0 Å². The first-order valence-corrected chi connectivity index (χ1v) is 7.30. The van der Waals surface area contributed by atoms with Crippen LogP contribution in [0.1, 0.15) is 43.2 Å². The fourth-order valence-electron chi connectivity index (χ4n) is 2.96. The van der Waals surface area contributed by atoms with E-state index in [0.29, 0.717) is 0 Å². The zero-order valence-corrected chi connectivity index (χ0v) is 11.6. The Labute approximate surface area is 111 Å². The van der Waals surface area contributed by atoms with Crippen LogP contribution in [-0.2, 0) is 6.54 Å². The molecule has 0 saturated heterocycles. The van der Waals surface area contributed by atoms with Crippen LogP contribution < -0.4 is 5.73 Å². The van der Waals surface area contributed by atoms with Crippen molar-refractivity contribution < 1.29 is 0 Å². The van der Waals surface area contributed by atoms with Gasteiger partial charge in [0.2, 0.25) is 0 Å². The number of nitrogens with zero attached hydrogens (tertiary/aromatic N) is 1. The van der Waals surface area contributed by atoms with Gasteiger partial charge in [0.25, 0.3) is 0 Å². The maximum Gasteiger partial charge on any atom is 0.0239 e. The highest BCUT2D eigenvalue weighted by molar-refractivity contribution is 5.25. The van der Waals surface area contributed by atoms with Crippen LogP contribution in [0.15, 0.2) is 24.3 Å². The largest absolute Gasteiger partial charge is 0.330 e. The van der Waals surface area contributed by atoms with Gasteiger partial charge in [-0.1, -0.05) is 37.1 Å². The molecular formula is C16H26N2. The van der Waals surface area contributed by atoms with Gasteiger partial charge >= 0.3 is 0 Å². The Morgan fingerprint density at radius 1 is 1.22 bits per heavy atom. The predicted molar refractivity (Wildman–Crippen MR) is 77.5 cm³/mol. The molecule has 0 aliphatic heterocycles. The van der Waals surface area contributed by atoms with Crippen molar-refractivity contribution in [2.45, 2.75) is 51.6 Å². The lowest BCUT2D eigenvalue weighted by molar-refractivity contribution is 0.188. The minimum absolute atomic E-state index is 0.788. The first-order valence-electron chi connectivity index (χ1n) is 7.30. The second-order valence-electron chi connectivity index (χ2n) is 5.48. The molecule has 1 aliphatic rings. The van der Waals surface area contributed by atoms with Gasteiger partial charge in [-0.3, -0.25) is 4.90 Å². The number of aryl methyl sites for hydroxylation is 1. The monoisotopic (exact) mass is 246 g/mol. The van der Waals surface area contributed by atoms with Crippen molar-refractivity contribution >= 4 is 0 Å². The van der Waals surface area contributed by atoms with Gasteiger partial charge < -0.3 is 5.73 Å². The van der Waals surface area contributed by atoms with E-state index in [4.69, 9.17) is 5.73 Å². The van der Waals surface area contributed by atoms with Crippen LogP contribution in [0.2, 0.25) is 0 Å². The van der Waals surface area contributed by atoms with Crippen molar-refractivity contribution in [1.82, 2.24) is 4.90 Å². The molecule has 0 amide bonds. The molecule has 1 fully saturated rings. The highest BCUT2D eigenvalue weighted by Crippen LogP contribution is 2.25. The summed E-state index contributed by atoms with van der Waals surface area (Å²) in [6, 6.07) is 9.54. The molecule has 2 heteroatoms. The van der Waals surface area contributed by atoms with Gasteiger partial charge in [0.1, 0.15) is 0 Å². The summed E-state index contributed by atoms with van der Waals surface area (Å²) < 4.78 is 0. The number of nitrogens with two attached hydrogens (primary N) is 1. The molecule has 1 saturated carbocycles. The molecular weight excluding hydrogens is 220 g/mol. The van der Waals surface area contributed by atoms with Gasteiger partial charge in [0, 0.05) is 12.6 Å². The minimum atomic E-state index is 0.788. The average molecular weight is 246 g/mol. The molecule has 1 aliphatic carbocycles. The zero-order valence-electron chi connectivity index (χ0n) is 11.6. The lowest BCUT2D eigenvalue weighted by Gasteiger charge is -2.29. The summed E-state index contributed by atoms with van der Waals surface area (Å²) >= 11 is 0. The summed E-state index contributed by atoms with van der Waals surface area (Å²) in [6.07, 6.45) is 6.66. The Hall–Kier alpha value is -0.860. The SMILES string of the molecule is Cc1ccccc1CN(CCCN)C1CCCC1.